The molecule has 38 heavy (non-hydrogen) atoms. The molecule has 3 heterocycles. The largest absolute Gasteiger partial charge is 0.493 e. The molecule has 2 aliphatic rings. The molecule has 1 unspecified atom stereocenters. The van der Waals surface area contributed by atoms with Crippen molar-refractivity contribution in [2.24, 2.45) is 0 Å². The van der Waals surface area contributed by atoms with Crippen LogP contribution < -0.4 is 14.4 Å². The molecule has 3 aromatic rings. The van der Waals surface area contributed by atoms with Crippen LogP contribution in [-0.4, -0.2) is 75.8 Å². The van der Waals surface area contributed by atoms with E-state index in [1.807, 2.05) is 49.6 Å². The van der Waals surface area contributed by atoms with E-state index in [0.29, 0.717) is 50.8 Å². The Morgan fingerprint density at radius 1 is 1.03 bits per heavy atom. The number of aromatic nitrogens is 1. The lowest BCUT2D eigenvalue weighted by molar-refractivity contribution is -0.0402. The second-order valence-corrected chi connectivity index (χ2v) is 11.5. The topological polar surface area (TPSA) is 84.4 Å². The summed E-state index contributed by atoms with van der Waals surface area (Å²) < 4.78 is 46.0. The van der Waals surface area contributed by atoms with Crippen molar-refractivity contribution >= 4 is 21.4 Å². The van der Waals surface area contributed by atoms with Gasteiger partial charge in [-0.2, -0.15) is 4.31 Å². The molecule has 0 amide bonds. The molecule has 2 aromatic carbocycles. The average molecular weight is 539 g/mol. The van der Waals surface area contributed by atoms with E-state index in [-0.39, 0.29) is 11.2 Å². The first kappa shape index (κ1) is 26.4. The van der Waals surface area contributed by atoms with E-state index < -0.39 is 10.0 Å². The summed E-state index contributed by atoms with van der Waals surface area (Å²) in [6, 6.07) is 16.7. The van der Waals surface area contributed by atoms with Crippen molar-refractivity contribution < 1.29 is 22.6 Å². The molecule has 5 rings (SSSR count). The first-order valence-electron chi connectivity index (χ1n) is 12.9. The van der Waals surface area contributed by atoms with Crippen LogP contribution in [0.4, 0.5) is 11.4 Å². The predicted molar refractivity (Wildman–Crippen MR) is 145 cm³/mol. The lowest BCUT2D eigenvalue weighted by atomic mass is 10.2. The monoisotopic (exact) mass is 538 g/mol. The zero-order valence-electron chi connectivity index (χ0n) is 21.8. The summed E-state index contributed by atoms with van der Waals surface area (Å²) in [7, 11) is -0.00956. The highest BCUT2D eigenvalue weighted by Gasteiger charge is 2.28. The van der Waals surface area contributed by atoms with Crippen molar-refractivity contribution in [1.29, 1.82) is 0 Å². The van der Waals surface area contributed by atoms with Crippen LogP contribution in [0, 0.1) is 0 Å². The van der Waals surface area contributed by atoms with Gasteiger partial charge in [-0.15, -0.1) is 0 Å². The summed E-state index contributed by atoms with van der Waals surface area (Å²) in [6.07, 6.45) is 5.00. The van der Waals surface area contributed by atoms with Gasteiger partial charge in [-0.3, -0.25) is 4.98 Å². The van der Waals surface area contributed by atoms with Crippen molar-refractivity contribution in [3.8, 4) is 11.5 Å². The summed E-state index contributed by atoms with van der Waals surface area (Å²) in [6.45, 7) is 3.54. The molecule has 1 aromatic heterocycles. The van der Waals surface area contributed by atoms with Crippen molar-refractivity contribution in [2.75, 3.05) is 51.8 Å². The maximum atomic E-state index is 13.5. The highest BCUT2D eigenvalue weighted by atomic mass is 32.2. The average Bonchev–Trinajstić information content (AvgIpc) is 3.46. The number of piperazine rings is 1. The Labute approximate surface area is 224 Å². The number of ether oxygens (including phenoxy) is 3. The van der Waals surface area contributed by atoms with Crippen molar-refractivity contribution in [3.05, 3.63) is 72.6 Å². The first-order valence-corrected chi connectivity index (χ1v) is 14.3. The van der Waals surface area contributed by atoms with Crippen molar-refractivity contribution in [3.63, 3.8) is 0 Å². The minimum absolute atomic E-state index is 0.278. The molecule has 202 valence electrons. The summed E-state index contributed by atoms with van der Waals surface area (Å²) in [4.78, 5) is 8.74. The van der Waals surface area contributed by atoms with Crippen LogP contribution in [-0.2, 0) is 21.3 Å². The normalized spacial score (nSPS) is 18.8. The summed E-state index contributed by atoms with van der Waals surface area (Å²) in [5.74, 6) is 1.19. The Bertz CT molecular complexity index is 1320. The fourth-order valence-corrected chi connectivity index (χ4v) is 6.17. The third kappa shape index (κ3) is 5.94. The van der Waals surface area contributed by atoms with Gasteiger partial charge in [0.2, 0.25) is 10.0 Å². The number of hydrogen-bond acceptors (Lipinski definition) is 8. The quantitative estimate of drug-likeness (QED) is 0.406. The van der Waals surface area contributed by atoms with E-state index >= 15 is 0 Å². The zero-order valence-corrected chi connectivity index (χ0v) is 22.6. The predicted octanol–water partition coefficient (Wildman–Crippen LogP) is 3.88. The van der Waals surface area contributed by atoms with Gasteiger partial charge in [-0.25, -0.2) is 8.42 Å². The standard InChI is InChI=1S/C28H34N4O5S/c1-30-13-15-31(16-14-30)38(33,34)25-8-3-7-23(18-25)32(21-22-6-4-12-29-20-22)24-10-11-26(35-2)27(19-24)37-28-9-5-17-36-28/h3-4,6-8,10-12,18-20,28H,5,9,13-17,21H2,1-2H3. The fourth-order valence-electron chi connectivity index (χ4n) is 4.70. The lowest BCUT2D eigenvalue weighted by Gasteiger charge is -2.32. The van der Waals surface area contributed by atoms with Gasteiger partial charge in [0.25, 0.3) is 0 Å². The van der Waals surface area contributed by atoms with Crippen LogP contribution in [0.15, 0.2) is 71.9 Å². The minimum atomic E-state index is -3.62. The number of methoxy groups -OCH3 is 1. The summed E-state index contributed by atoms with van der Waals surface area (Å²) >= 11 is 0. The van der Waals surface area contributed by atoms with Crippen LogP contribution in [0.5, 0.6) is 11.5 Å². The molecule has 10 heteroatoms. The summed E-state index contributed by atoms with van der Waals surface area (Å²) in [5, 5.41) is 0. The number of hydrogen-bond donors (Lipinski definition) is 0. The minimum Gasteiger partial charge on any atom is -0.493 e. The van der Waals surface area contributed by atoms with Crippen LogP contribution in [0.3, 0.4) is 0 Å². The number of sulfonamides is 1. The van der Waals surface area contributed by atoms with E-state index in [9.17, 15) is 8.42 Å². The fraction of sp³-hybridized carbons (Fsp3) is 0.393. The molecule has 2 fully saturated rings. The van der Waals surface area contributed by atoms with Crippen LogP contribution in [0.2, 0.25) is 0 Å². The smallest absolute Gasteiger partial charge is 0.243 e. The van der Waals surface area contributed by atoms with Gasteiger partial charge >= 0.3 is 0 Å². The third-order valence-corrected chi connectivity index (χ3v) is 8.79. The molecule has 2 aliphatic heterocycles. The van der Waals surface area contributed by atoms with E-state index in [4.69, 9.17) is 14.2 Å². The maximum absolute atomic E-state index is 13.5. The van der Waals surface area contributed by atoms with Crippen molar-refractivity contribution in [1.82, 2.24) is 14.2 Å². The number of benzene rings is 2. The highest BCUT2D eigenvalue weighted by molar-refractivity contribution is 7.89. The number of pyridine rings is 1. The Morgan fingerprint density at radius 2 is 1.84 bits per heavy atom. The molecule has 2 saturated heterocycles. The number of anilines is 2. The molecule has 9 nitrogen and oxygen atoms in total. The van der Waals surface area contributed by atoms with E-state index in [0.717, 1.165) is 29.8 Å². The Hall–Kier alpha value is -3.18. The molecule has 0 spiro atoms. The second-order valence-electron chi connectivity index (χ2n) is 9.55. The highest BCUT2D eigenvalue weighted by Crippen LogP contribution is 2.37. The Morgan fingerprint density at radius 3 is 2.55 bits per heavy atom. The molecule has 0 radical (unpaired) electrons. The SMILES string of the molecule is COc1ccc(N(Cc2cccnc2)c2cccc(S(=O)(=O)N3CCN(C)CC3)c2)cc1OC1CCCO1. The maximum Gasteiger partial charge on any atom is 0.243 e. The number of nitrogens with zero attached hydrogens (tertiary/aromatic N) is 4. The molecule has 1 atom stereocenters. The van der Waals surface area contributed by atoms with Gasteiger partial charge in [-0.1, -0.05) is 12.1 Å². The van der Waals surface area contributed by atoms with E-state index in [1.54, 1.807) is 35.8 Å². The van der Waals surface area contributed by atoms with Crippen molar-refractivity contribution in [2.45, 2.75) is 30.6 Å². The third-order valence-electron chi connectivity index (χ3n) is 6.90. The van der Waals surface area contributed by atoms with Crippen LogP contribution >= 0.6 is 0 Å². The van der Waals surface area contributed by atoms with Gasteiger partial charge in [0.1, 0.15) is 0 Å². The molecular weight excluding hydrogens is 504 g/mol. The van der Waals surface area contributed by atoms with Gasteiger partial charge in [0.15, 0.2) is 17.8 Å². The van der Waals surface area contributed by atoms with Crippen LogP contribution in [0.1, 0.15) is 18.4 Å². The molecule has 0 N–H and O–H groups in total. The Balaban J connectivity index is 1.51. The molecular formula is C28H34N4O5S. The first-order chi connectivity index (χ1) is 18.4. The molecule has 0 bridgehead atoms. The van der Waals surface area contributed by atoms with Gasteiger partial charge < -0.3 is 24.0 Å². The Kier molecular flexibility index (Phi) is 8.13. The van der Waals surface area contributed by atoms with E-state index in [1.165, 1.54) is 0 Å². The lowest BCUT2D eigenvalue weighted by Crippen LogP contribution is -2.47. The molecule has 0 saturated carbocycles. The summed E-state index contributed by atoms with van der Waals surface area (Å²) in [5.41, 5.74) is 2.56. The van der Waals surface area contributed by atoms with Gasteiger partial charge in [0, 0.05) is 69.0 Å². The van der Waals surface area contributed by atoms with Gasteiger partial charge in [-0.05, 0) is 55.4 Å². The second kappa shape index (κ2) is 11.7. The van der Waals surface area contributed by atoms with Crippen LogP contribution in [0.25, 0.3) is 0 Å². The van der Waals surface area contributed by atoms with Gasteiger partial charge in [0.05, 0.1) is 18.6 Å². The van der Waals surface area contributed by atoms with E-state index in [2.05, 4.69) is 14.8 Å². The molecule has 0 aliphatic carbocycles. The number of rotatable bonds is 9. The number of likely N-dealkylation sites (N-methyl/N-ethyl adjacent to an activating group) is 1. The zero-order chi connectivity index (χ0) is 26.5.